The Morgan fingerprint density at radius 2 is 1.96 bits per heavy atom. The van der Waals surface area contributed by atoms with E-state index in [0.717, 1.165) is 12.1 Å². The van der Waals surface area contributed by atoms with Crippen LogP contribution in [0.1, 0.15) is 22.0 Å². The molecule has 0 saturated heterocycles. The van der Waals surface area contributed by atoms with Gasteiger partial charge in [-0.05, 0) is 46.3 Å². The highest BCUT2D eigenvalue weighted by Crippen LogP contribution is 2.26. The normalized spacial score (nSPS) is 11.7. The predicted molar refractivity (Wildman–Crippen MR) is 87.5 cm³/mol. The van der Waals surface area contributed by atoms with E-state index >= 15 is 0 Å². The lowest BCUT2D eigenvalue weighted by Gasteiger charge is -2.17. The molecule has 1 atom stereocenters. The summed E-state index contributed by atoms with van der Waals surface area (Å²) >= 11 is 3.29. The second-order valence-corrected chi connectivity index (χ2v) is 5.53. The van der Waals surface area contributed by atoms with Gasteiger partial charge in [0.25, 0.3) is 5.91 Å². The minimum absolute atomic E-state index is 0.250. The number of halogens is 3. The van der Waals surface area contributed by atoms with Gasteiger partial charge in [-0.3, -0.25) is 4.79 Å². The third-order valence-corrected chi connectivity index (χ3v) is 3.90. The zero-order chi connectivity index (χ0) is 17.0. The zero-order valence-corrected chi connectivity index (χ0v) is 13.9. The van der Waals surface area contributed by atoms with Crippen molar-refractivity contribution in [2.24, 2.45) is 0 Å². The number of carbonyl (C=O) groups is 1. The number of nitrogens with one attached hydrogen (secondary N) is 1. The molecular formula is C17H14BrF2NO2. The Labute approximate surface area is 141 Å². The van der Waals surface area contributed by atoms with Crippen LogP contribution in [0.25, 0.3) is 0 Å². The molecule has 0 aliphatic rings. The summed E-state index contributed by atoms with van der Waals surface area (Å²) in [7, 11) is 1.48. The van der Waals surface area contributed by atoms with Gasteiger partial charge in [0.15, 0.2) is 0 Å². The standard InChI is InChI=1S/C17H14BrF2NO2/c1-3-14(16-12(19)5-4-6-13(16)20)21-17(22)10-7-8-11(18)15(9-10)23-2/h3-9,14H,1H2,2H3,(H,21,22)/t14-/m1/s1. The average Bonchev–Trinajstić information content (AvgIpc) is 2.53. The molecule has 0 unspecified atom stereocenters. The van der Waals surface area contributed by atoms with Crippen LogP contribution in [0.5, 0.6) is 5.75 Å². The smallest absolute Gasteiger partial charge is 0.252 e. The first kappa shape index (κ1) is 17.1. The van der Waals surface area contributed by atoms with E-state index in [4.69, 9.17) is 4.74 Å². The number of amides is 1. The molecule has 1 amide bonds. The number of rotatable bonds is 5. The molecule has 6 heteroatoms. The van der Waals surface area contributed by atoms with E-state index in [1.54, 1.807) is 12.1 Å². The fourth-order valence-electron chi connectivity index (χ4n) is 2.08. The second-order valence-electron chi connectivity index (χ2n) is 4.67. The molecule has 2 rings (SSSR count). The molecule has 0 aliphatic carbocycles. The highest BCUT2D eigenvalue weighted by atomic mass is 79.9. The van der Waals surface area contributed by atoms with Gasteiger partial charge in [-0.2, -0.15) is 0 Å². The quantitative estimate of drug-likeness (QED) is 0.779. The summed E-state index contributed by atoms with van der Waals surface area (Å²) in [6.07, 6.45) is 1.27. The molecule has 1 N–H and O–H groups in total. The summed E-state index contributed by atoms with van der Waals surface area (Å²) in [5, 5.41) is 2.54. The van der Waals surface area contributed by atoms with Gasteiger partial charge in [0, 0.05) is 11.1 Å². The van der Waals surface area contributed by atoms with Crippen molar-refractivity contribution in [1.29, 1.82) is 0 Å². The van der Waals surface area contributed by atoms with Crippen molar-refractivity contribution in [2.75, 3.05) is 7.11 Å². The van der Waals surface area contributed by atoms with Gasteiger partial charge in [0.2, 0.25) is 0 Å². The van der Waals surface area contributed by atoms with E-state index in [1.165, 1.54) is 25.3 Å². The molecule has 3 nitrogen and oxygen atoms in total. The van der Waals surface area contributed by atoms with Crippen LogP contribution >= 0.6 is 15.9 Å². The molecule has 0 fully saturated rings. The SMILES string of the molecule is C=C[C@@H](NC(=O)c1ccc(Br)c(OC)c1)c1c(F)cccc1F. The molecule has 2 aromatic carbocycles. The van der Waals surface area contributed by atoms with Crippen LogP contribution < -0.4 is 10.1 Å². The Morgan fingerprint density at radius 3 is 2.52 bits per heavy atom. The molecule has 0 saturated carbocycles. The maximum absolute atomic E-state index is 13.8. The number of benzene rings is 2. The topological polar surface area (TPSA) is 38.3 Å². The first-order valence-electron chi connectivity index (χ1n) is 6.68. The summed E-state index contributed by atoms with van der Waals surface area (Å²) in [6.45, 7) is 3.53. The predicted octanol–water partition coefficient (Wildman–Crippen LogP) is 4.39. The maximum atomic E-state index is 13.8. The van der Waals surface area contributed by atoms with Crippen molar-refractivity contribution in [3.63, 3.8) is 0 Å². The largest absolute Gasteiger partial charge is 0.496 e. The molecule has 0 bridgehead atoms. The number of hydrogen-bond acceptors (Lipinski definition) is 2. The first-order valence-corrected chi connectivity index (χ1v) is 7.48. The highest BCUT2D eigenvalue weighted by molar-refractivity contribution is 9.10. The van der Waals surface area contributed by atoms with Gasteiger partial charge >= 0.3 is 0 Å². The Morgan fingerprint density at radius 1 is 1.30 bits per heavy atom. The third-order valence-electron chi connectivity index (χ3n) is 3.25. The summed E-state index contributed by atoms with van der Waals surface area (Å²) in [5.74, 6) is -1.51. The van der Waals surface area contributed by atoms with Gasteiger partial charge < -0.3 is 10.1 Å². The Hall–Kier alpha value is -2.21. The van der Waals surface area contributed by atoms with Gasteiger partial charge in [-0.15, -0.1) is 6.58 Å². The molecule has 2 aromatic rings. The maximum Gasteiger partial charge on any atom is 0.252 e. The molecule has 0 aliphatic heterocycles. The number of carbonyl (C=O) groups excluding carboxylic acids is 1. The van der Waals surface area contributed by atoms with Crippen LogP contribution in [-0.2, 0) is 0 Å². The fraction of sp³-hybridized carbons (Fsp3) is 0.118. The van der Waals surface area contributed by atoms with Crippen LogP contribution in [-0.4, -0.2) is 13.0 Å². The molecule has 23 heavy (non-hydrogen) atoms. The molecule has 0 aromatic heterocycles. The minimum atomic E-state index is -0.988. The molecule has 120 valence electrons. The molecule has 0 heterocycles. The van der Waals surface area contributed by atoms with Crippen molar-refractivity contribution >= 4 is 21.8 Å². The van der Waals surface area contributed by atoms with Crippen LogP contribution in [0.4, 0.5) is 8.78 Å². The van der Waals surface area contributed by atoms with E-state index in [-0.39, 0.29) is 5.56 Å². The van der Waals surface area contributed by atoms with Gasteiger partial charge in [0.1, 0.15) is 17.4 Å². The second kappa shape index (κ2) is 7.37. The summed E-state index contributed by atoms with van der Waals surface area (Å²) in [5.41, 5.74) is 0.0496. The molecular weight excluding hydrogens is 368 g/mol. The van der Waals surface area contributed by atoms with Crippen molar-refractivity contribution in [2.45, 2.75) is 6.04 Å². The lowest BCUT2D eigenvalue weighted by molar-refractivity contribution is 0.0943. The van der Waals surface area contributed by atoms with E-state index in [1.807, 2.05) is 0 Å². The Balaban J connectivity index is 2.29. The lowest BCUT2D eigenvalue weighted by atomic mass is 10.0. The number of methoxy groups -OCH3 is 1. The lowest BCUT2D eigenvalue weighted by Crippen LogP contribution is -2.28. The van der Waals surface area contributed by atoms with Gasteiger partial charge in [-0.25, -0.2) is 8.78 Å². The summed E-state index contributed by atoms with van der Waals surface area (Å²) < 4.78 is 33.5. The van der Waals surface area contributed by atoms with Crippen LogP contribution in [0.3, 0.4) is 0 Å². The number of hydrogen-bond donors (Lipinski definition) is 1. The third kappa shape index (κ3) is 3.76. The minimum Gasteiger partial charge on any atom is -0.496 e. The van der Waals surface area contributed by atoms with Crippen molar-refractivity contribution in [3.8, 4) is 5.75 Å². The van der Waals surface area contributed by atoms with Gasteiger partial charge in [-0.1, -0.05) is 12.1 Å². The van der Waals surface area contributed by atoms with Crippen LogP contribution in [0, 0.1) is 11.6 Å². The van der Waals surface area contributed by atoms with E-state index < -0.39 is 23.6 Å². The molecule has 0 radical (unpaired) electrons. The summed E-state index contributed by atoms with van der Waals surface area (Å²) in [6, 6.07) is 7.28. The first-order chi connectivity index (χ1) is 11.0. The fourth-order valence-corrected chi connectivity index (χ4v) is 2.49. The van der Waals surface area contributed by atoms with Crippen LogP contribution in [0.15, 0.2) is 53.5 Å². The van der Waals surface area contributed by atoms with Gasteiger partial charge in [0.05, 0.1) is 17.6 Å². The monoisotopic (exact) mass is 381 g/mol. The zero-order valence-electron chi connectivity index (χ0n) is 12.3. The summed E-state index contributed by atoms with van der Waals surface area (Å²) in [4.78, 5) is 12.3. The Kier molecular flexibility index (Phi) is 5.50. The molecule has 0 spiro atoms. The van der Waals surface area contributed by atoms with E-state index in [2.05, 4.69) is 27.8 Å². The Bertz CT molecular complexity index is 729. The number of ether oxygens (including phenoxy) is 1. The average molecular weight is 382 g/mol. The van der Waals surface area contributed by atoms with Crippen molar-refractivity contribution in [3.05, 3.63) is 76.3 Å². The highest BCUT2D eigenvalue weighted by Gasteiger charge is 2.20. The van der Waals surface area contributed by atoms with Crippen molar-refractivity contribution < 1.29 is 18.3 Å². The van der Waals surface area contributed by atoms with Crippen LogP contribution in [0.2, 0.25) is 0 Å². The van der Waals surface area contributed by atoms with E-state index in [0.29, 0.717) is 15.8 Å². The van der Waals surface area contributed by atoms with Crippen molar-refractivity contribution in [1.82, 2.24) is 5.32 Å². The van der Waals surface area contributed by atoms with E-state index in [9.17, 15) is 13.6 Å².